The second kappa shape index (κ2) is 8.16. The number of hydrogen-bond donors (Lipinski definition) is 1. The van der Waals surface area contributed by atoms with E-state index in [2.05, 4.69) is 5.32 Å². The summed E-state index contributed by atoms with van der Waals surface area (Å²) in [6.07, 6.45) is -0.399. The first-order chi connectivity index (χ1) is 12.2. The molecule has 142 valence electrons. The van der Waals surface area contributed by atoms with Crippen molar-refractivity contribution in [2.45, 2.75) is 26.4 Å². The lowest BCUT2D eigenvalue weighted by molar-refractivity contribution is -0.131. The van der Waals surface area contributed by atoms with E-state index in [1.54, 1.807) is 30.6 Å². The summed E-state index contributed by atoms with van der Waals surface area (Å²) < 4.78 is 18.4. The molecule has 0 atom stereocenters. The number of piperazine rings is 1. The molecule has 0 aromatic heterocycles. The van der Waals surface area contributed by atoms with Gasteiger partial charge in [-0.05, 0) is 39.0 Å². The average molecular weight is 365 g/mol. The molecular formula is C18H24FN3O4. The van der Waals surface area contributed by atoms with Gasteiger partial charge in [0, 0.05) is 31.7 Å². The Labute approximate surface area is 152 Å². The fourth-order valence-corrected chi connectivity index (χ4v) is 2.46. The molecule has 1 saturated heterocycles. The number of carbonyl (C=O) groups excluding carboxylic acids is 3. The standard InChI is InChI=1S/C18H24FN3O4/c1-18(2,3)26-17(25)22-9-7-21(8-10-22)15(23)12-20-16(24)13-5-4-6-14(19)11-13/h4-6,11H,7-10,12H2,1-3H3,(H,20,24). The molecule has 0 saturated carbocycles. The third-order valence-electron chi connectivity index (χ3n) is 3.77. The molecule has 1 fully saturated rings. The molecule has 0 spiro atoms. The van der Waals surface area contributed by atoms with Crippen LogP contribution in [0.5, 0.6) is 0 Å². The zero-order valence-corrected chi connectivity index (χ0v) is 15.3. The average Bonchev–Trinajstić information content (AvgIpc) is 2.58. The minimum atomic E-state index is -0.564. The van der Waals surface area contributed by atoms with E-state index in [1.807, 2.05) is 0 Å². The summed E-state index contributed by atoms with van der Waals surface area (Å²) in [7, 11) is 0. The number of carbonyl (C=O) groups is 3. The summed E-state index contributed by atoms with van der Waals surface area (Å²) in [4.78, 5) is 39.3. The summed E-state index contributed by atoms with van der Waals surface area (Å²) in [5, 5.41) is 2.49. The smallest absolute Gasteiger partial charge is 0.410 e. The Kier molecular flexibility index (Phi) is 6.18. The van der Waals surface area contributed by atoms with Crippen LogP contribution in [-0.4, -0.2) is 66.0 Å². The van der Waals surface area contributed by atoms with E-state index >= 15 is 0 Å². The van der Waals surface area contributed by atoms with Gasteiger partial charge in [-0.1, -0.05) is 6.07 Å². The van der Waals surface area contributed by atoms with Crippen molar-refractivity contribution in [3.8, 4) is 0 Å². The van der Waals surface area contributed by atoms with E-state index in [9.17, 15) is 18.8 Å². The normalized spacial score (nSPS) is 14.8. The fourth-order valence-electron chi connectivity index (χ4n) is 2.46. The van der Waals surface area contributed by atoms with E-state index in [0.29, 0.717) is 26.2 Å². The number of nitrogens with zero attached hydrogens (tertiary/aromatic N) is 2. The molecule has 0 bridgehead atoms. The molecule has 0 radical (unpaired) electrons. The van der Waals surface area contributed by atoms with Crippen LogP contribution >= 0.6 is 0 Å². The lowest BCUT2D eigenvalue weighted by Gasteiger charge is -2.35. The van der Waals surface area contributed by atoms with Crippen molar-refractivity contribution >= 4 is 17.9 Å². The largest absolute Gasteiger partial charge is 0.444 e. The predicted molar refractivity (Wildman–Crippen MR) is 93.1 cm³/mol. The van der Waals surface area contributed by atoms with Gasteiger partial charge in [0.05, 0.1) is 6.54 Å². The van der Waals surface area contributed by atoms with Crippen molar-refractivity contribution in [2.24, 2.45) is 0 Å². The van der Waals surface area contributed by atoms with Crippen molar-refractivity contribution in [3.63, 3.8) is 0 Å². The molecule has 0 aliphatic carbocycles. The Morgan fingerprint density at radius 2 is 1.73 bits per heavy atom. The molecule has 1 heterocycles. The van der Waals surface area contributed by atoms with Gasteiger partial charge in [-0.3, -0.25) is 9.59 Å². The second-order valence-corrected chi connectivity index (χ2v) is 7.04. The zero-order valence-electron chi connectivity index (χ0n) is 15.3. The molecule has 0 unspecified atom stereocenters. The minimum absolute atomic E-state index is 0.160. The van der Waals surface area contributed by atoms with Gasteiger partial charge in [-0.2, -0.15) is 0 Å². The van der Waals surface area contributed by atoms with E-state index in [1.165, 1.54) is 18.2 Å². The molecule has 1 aromatic rings. The first-order valence-electron chi connectivity index (χ1n) is 8.45. The minimum Gasteiger partial charge on any atom is -0.444 e. The highest BCUT2D eigenvalue weighted by molar-refractivity contribution is 5.96. The van der Waals surface area contributed by atoms with Gasteiger partial charge in [0.25, 0.3) is 5.91 Å². The SMILES string of the molecule is CC(C)(C)OC(=O)N1CCN(C(=O)CNC(=O)c2cccc(F)c2)CC1. The first kappa shape index (κ1) is 19.7. The fraction of sp³-hybridized carbons (Fsp3) is 0.500. The van der Waals surface area contributed by atoms with E-state index < -0.39 is 23.4 Å². The van der Waals surface area contributed by atoms with Crippen LogP contribution in [0.3, 0.4) is 0 Å². The maximum absolute atomic E-state index is 13.1. The van der Waals surface area contributed by atoms with Crippen molar-refractivity contribution in [1.82, 2.24) is 15.1 Å². The Hall–Kier alpha value is -2.64. The van der Waals surface area contributed by atoms with Crippen molar-refractivity contribution in [3.05, 3.63) is 35.6 Å². The van der Waals surface area contributed by atoms with Crippen LogP contribution in [0.2, 0.25) is 0 Å². The maximum Gasteiger partial charge on any atom is 0.410 e. The Morgan fingerprint density at radius 3 is 2.31 bits per heavy atom. The molecule has 2 rings (SSSR count). The van der Waals surface area contributed by atoms with Gasteiger partial charge in [0.1, 0.15) is 11.4 Å². The second-order valence-electron chi connectivity index (χ2n) is 7.04. The van der Waals surface area contributed by atoms with E-state index in [0.717, 1.165) is 6.07 Å². The molecule has 1 N–H and O–H groups in total. The topological polar surface area (TPSA) is 79.0 Å². The zero-order chi connectivity index (χ0) is 19.3. The number of benzene rings is 1. The number of nitrogens with one attached hydrogen (secondary N) is 1. The van der Waals surface area contributed by atoms with Crippen molar-refractivity contribution < 1.29 is 23.5 Å². The lowest BCUT2D eigenvalue weighted by Crippen LogP contribution is -2.53. The number of ether oxygens (including phenoxy) is 1. The van der Waals surface area contributed by atoms with Gasteiger partial charge >= 0.3 is 6.09 Å². The highest BCUT2D eigenvalue weighted by atomic mass is 19.1. The lowest BCUT2D eigenvalue weighted by atomic mass is 10.2. The quantitative estimate of drug-likeness (QED) is 0.883. The number of rotatable bonds is 3. The van der Waals surface area contributed by atoms with Gasteiger partial charge < -0.3 is 19.9 Å². The van der Waals surface area contributed by atoms with Gasteiger partial charge in [-0.15, -0.1) is 0 Å². The van der Waals surface area contributed by atoms with Crippen LogP contribution in [0.4, 0.5) is 9.18 Å². The van der Waals surface area contributed by atoms with Crippen LogP contribution in [0, 0.1) is 5.82 Å². The summed E-state index contributed by atoms with van der Waals surface area (Å²) in [5.74, 6) is -1.27. The van der Waals surface area contributed by atoms with Crippen LogP contribution < -0.4 is 5.32 Å². The number of amides is 3. The third kappa shape index (κ3) is 5.72. The molecule has 3 amide bonds. The summed E-state index contributed by atoms with van der Waals surface area (Å²) >= 11 is 0. The third-order valence-corrected chi connectivity index (χ3v) is 3.77. The van der Waals surface area contributed by atoms with Crippen LogP contribution in [0.25, 0.3) is 0 Å². The van der Waals surface area contributed by atoms with Crippen molar-refractivity contribution in [2.75, 3.05) is 32.7 Å². The summed E-state index contributed by atoms with van der Waals surface area (Å²) in [6.45, 7) is 6.70. The van der Waals surface area contributed by atoms with Crippen LogP contribution in [0.1, 0.15) is 31.1 Å². The summed E-state index contributed by atoms with van der Waals surface area (Å²) in [6, 6.07) is 5.26. The Balaban J connectivity index is 1.78. The van der Waals surface area contributed by atoms with Gasteiger partial charge in [0.15, 0.2) is 0 Å². The van der Waals surface area contributed by atoms with Gasteiger partial charge in [-0.25, -0.2) is 9.18 Å². The molecule has 1 aliphatic rings. The number of hydrogen-bond acceptors (Lipinski definition) is 4. The molecule has 7 nitrogen and oxygen atoms in total. The Bertz CT molecular complexity index is 679. The molecule has 26 heavy (non-hydrogen) atoms. The predicted octanol–water partition coefficient (Wildman–Crippen LogP) is 1.63. The monoisotopic (exact) mass is 365 g/mol. The molecule has 1 aromatic carbocycles. The molecule has 1 aliphatic heterocycles. The van der Waals surface area contributed by atoms with Crippen LogP contribution in [-0.2, 0) is 9.53 Å². The van der Waals surface area contributed by atoms with Crippen molar-refractivity contribution in [1.29, 1.82) is 0 Å². The van der Waals surface area contributed by atoms with Gasteiger partial charge in [0.2, 0.25) is 5.91 Å². The highest BCUT2D eigenvalue weighted by Gasteiger charge is 2.27. The van der Waals surface area contributed by atoms with E-state index in [-0.39, 0.29) is 18.0 Å². The Morgan fingerprint density at radius 1 is 1.12 bits per heavy atom. The highest BCUT2D eigenvalue weighted by Crippen LogP contribution is 2.12. The van der Waals surface area contributed by atoms with Crippen LogP contribution in [0.15, 0.2) is 24.3 Å². The first-order valence-corrected chi connectivity index (χ1v) is 8.45. The molecule has 8 heteroatoms. The molecular weight excluding hydrogens is 341 g/mol. The summed E-state index contributed by atoms with van der Waals surface area (Å²) in [5.41, 5.74) is -0.404. The van der Waals surface area contributed by atoms with E-state index in [4.69, 9.17) is 4.74 Å². The number of halogens is 1. The maximum atomic E-state index is 13.1.